The van der Waals surface area contributed by atoms with Crippen molar-refractivity contribution >= 4 is 5.69 Å². The molecular weight excluding hydrogens is 250 g/mol. The number of nitrogens with one attached hydrogen (secondary N) is 1. The minimum Gasteiger partial charge on any atom is -0.379 e. The molecular formula is C16H23N3O. The third-order valence-corrected chi connectivity index (χ3v) is 3.20. The van der Waals surface area contributed by atoms with E-state index in [0.717, 1.165) is 31.8 Å². The number of aromatic nitrogens is 2. The lowest BCUT2D eigenvalue weighted by Gasteiger charge is -2.13. The van der Waals surface area contributed by atoms with E-state index in [1.54, 1.807) is 0 Å². The van der Waals surface area contributed by atoms with E-state index >= 15 is 0 Å². The molecule has 0 aliphatic carbocycles. The molecule has 1 aromatic carbocycles. The van der Waals surface area contributed by atoms with Gasteiger partial charge in [-0.05, 0) is 19.4 Å². The van der Waals surface area contributed by atoms with E-state index in [4.69, 9.17) is 4.74 Å². The molecule has 0 saturated heterocycles. The Morgan fingerprint density at radius 1 is 1.25 bits per heavy atom. The summed E-state index contributed by atoms with van der Waals surface area (Å²) >= 11 is 0. The van der Waals surface area contributed by atoms with Crippen LogP contribution in [0, 0.1) is 0 Å². The van der Waals surface area contributed by atoms with Crippen molar-refractivity contribution in [1.82, 2.24) is 9.55 Å². The van der Waals surface area contributed by atoms with Crippen molar-refractivity contribution in [2.75, 3.05) is 11.9 Å². The first-order valence-electron chi connectivity index (χ1n) is 7.23. The smallest absolute Gasteiger partial charge is 0.0948 e. The molecule has 1 N–H and O–H groups in total. The van der Waals surface area contributed by atoms with Crippen LogP contribution in [0.2, 0.25) is 0 Å². The van der Waals surface area contributed by atoms with E-state index in [0.29, 0.717) is 6.61 Å². The fraction of sp³-hybridized carbons (Fsp3) is 0.438. The topological polar surface area (TPSA) is 39.1 Å². The molecule has 1 aromatic heterocycles. The lowest BCUT2D eigenvalue weighted by molar-refractivity contribution is 0.134. The van der Waals surface area contributed by atoms with Crippen molar-refractivity contribution < 1.29 is 4.74 Å². The maximum atomic E-state index is 5.50. The summed E-state index contributed by atoms with van der Waals surface area (Å²) in [6.07, 6.45) is 4.94. The van der Waals surface area contributed by atoms with Crippen molar-refractivity contribution in [3.8, 4) is 0 Å². The zero-order valence-corrected chi connectivity index (χ0v) is 12.3. The molecule has 0 aliphatic rings. The van der Waals surface area contributed by atoms with Gasteiger partial charge >= 0.3 is 0 Å². The Hall–Kier alpha value is -1.81. The van der Waals surface area contributed by atoms with Crippen LogP contribution < -0.4 is 5.32 Å². The number of nitrogens with zero attached hydrogens (tertiary/aromatic N) is 2. The molecule has 0 atom stereocenters. The van der Waals surface area contributed by atoms with Gasteiger partial charge in [0.15, 0.2) is 0 Å². The molecule has 2 aromatic rings. The number of aryl methyl sites for hydroxylation is 1. The lowest BCUT2D eigenvalue weighted by atomic mass is 10.2. The summed E-state index contributed by atoms with van der Waals surface area (Å²) in [7, 11) is 0. The highest BCUT2D eigenvalue weighted by molar-refractivity contribution is 5.50. The first-order valence-corrected chi connectivity index (χ1v) is 7.23. The van der Waals surface area contributed by atoms with Crippen LogP contribution >= 0.6 is 0 Å². The predicted octanol–water partition coefficient (Wildman–Crippen LogP) is 3.44. The van der Waals surface area contributed by atoms with Gasteiger partial charge in [0, 0.05) is 30.6 Å². The van der Waals surface area contributed by atoms with E-state index < -0.39 is 0 Å². The van der Waals surface area contributed by atoms with Crippen molar-refractivity contribution in [2.45, 2.75) is 40.0 Å². The summed E-state index contributed by atoms with van der Waals surface area (Å²) in [6.45, 7) is 7.36. The Kier molecular flexibility index (Phi) is 5.62. The highest BCUT2D eigenvalue weighted by Gasteiger charge is 2.04. The summed E-state index contributed by atoms with van der Waals surface area (Å²) in [6, 6.07) is 8.28. The van der Waals surface area contributed by atoms with Crippen molar-refractivity contribution in [3.05, 3.63) is 48.0 Å². The first kappa shape index (κ1) is 14.6. The highest BCUT2D eigenvalue weighted by atomic mass is 16.5. The van der Waals surface area contributed by atoms with Gasteiger partial charge < -0.3 is 14.6 Å². The number of imidazole rings is 1. The molecule has 20 heavy (non-hydrogen) atoms. The maximum absolute atomic E-state index is 5.50. The monoisotopic (exact) mass is 273 g/mol. The number of benzene rings is 1. The summed E-state index contributed by atoms with van der Waals surface area (Å²) < 4.78 is 7.69. The average molecular weight is 273 g/mol. The van der Waals surface area contributed by atoms with Crippen molar-refractivity contribution in [2.24, 2.45) is 0 Å². The van der Waals surface area contributed by atoms with Crippen LogP contribution in [0.4, 0.5) is 5.69 Å². The molecule has 4 heteroatoms. The van der Waals surface area contributed by atoms with E-state index in [-0.39, 0.29) is 0 Å². The van der Waals surface area contributed by atoms with Crippen LogP contribution in [0.15, 0.2) is 36.8 Å². The minimum atomic E-state index is 0.647. The van der Waals surface area contributed by atoms with Gasteiger partial charge in [0.05, 0.1) is 25.2 Å². The van der Waals surface area contributed by atoms with Gasteiger partial charge in [-0.25, -0.2) is 4.98 Å². The van der Waals surface area contributed by atoms with Crippen LogP contribution in [0.1, 0.15) is 31.5 Å². The zero-order valence-electron chi connectivity index (χ0n) is 12.3. The second kappa shape index (κ2) is 7.70. The summed E-state index contributed by atoms with van der Waals surface area (Å²) in [5.41, 5.74) is 3.53. The molecule has 0 aliphatic heterocycles. The van der Waals surface area contributed by atoms with Crippen LogP contribution in [0.3, 0.4) is 0 Å². The van der Waals surface area contributed by atoms with Gasteiger partial charge in [0.2, 0.25) is 0 Å². The van der Waals surface area contributed by atoms with Gasteiger partial charge in [-0.2, -0.15) is 0 Å². The molecule has 0 bridgehead atoms. The molecule has 0 unspecified atom stereocenters. The summed E-state index contributed by atoms with van der Waals surface area (Å²) in [5, 5.41) is 3.48. The van der Waals surface area contributed by atoms with Crippen LogP contribution in [0.5, 0.6) is 0 Å². The van der Waals surface area contributed by atoms with Crippen LogP contribution in [-0.2, 0) is 24.4 Å². The number of para-hydroxylation sites is 1. The third-order valence-electron chi connectivity index (χ3n) is 3.20. The van der Waals surface area contributed by atoms with Gasteiger partial charge in [-0.1, -0.05) is 25.1 Å². The standard InChI is InChI=1S/C16H23N3O/c1-3-9-19-13-17-10-15(19)11-18-16-8-6-5-7-14(16)12-20-4-2/h5-8,10,13,18H,3-4,9,11-12H2,1-2H3. The van der Waals surface area contributed by atoms with E-state index in [9.17, 15) is 0 Å². The van der Waals surface area contributed by atoms with E-state index in [1.165, 1.54) is 11.3 Å². The van der Waals surface area contributed by atoms with E-state index in [1.807, 2.05) is 31.6 Å². The SMILES string of the molecule is CCCn1cncc1CNc1ccccc1COCC. The van der Waals surface area contributed by atoms with Crippen molar-refractivity contribution in [1.29, 1.82) is 0 Å². The lowest BCUT2D eigenvalue weighted by Crippen LogP contribution is -2.08. The second-order valence-electron chi connectivity index (χ2n) is 4.73. The molecule has 4 nitrogen and oxygen atoms in total. The number of hydrogen-bond acceptors (Lipinski definition) is 3. The Morgan fingerprint density at radius 2 is 2.10 bits per heavy atom. The molecule has 2 rings (SSSR count). The summed E-state index contributed by atoms with van der Waals surface area (Å²) in [4.78, 5) is 4.22. The van der Waals surface area contributed by atoms with E-state index in [2.05, 4.69) is 33.9 Å². The Labute approximate surface area is 120 Å². The first-order chi connectivity index (χ1) is 9.85. The molecule has 0 amide bonds. The van der Waals surface area contributed by atoms with Gasteiger partial charge in [-0.3, -0.25) is 0 Å². The quantitative estimate of drug-likeness (QED) is 0.800. The fourth-order valence-electron chi connectivity index (χ4n) is 2.15. The molecule has 108 valence electrons. The zero-order chi connectivity index (χ0) is 14.2. The molecule has 0 radical (unpaired) electrons. The largest absolute Gasteiger partial charge is 0.379 e. The number of hydrogen-bond donors (Lipinski definition) is 1. The fourth-order valence-corrected chi connectivity index (χ4v) is 2.15. The van der Waals surface area contributed by atoms with Gasteiger partial charge in [0.25, 0.3) is 0 Å². The van der Waals surface area contributed by atoms with Gasteiger partial charge in [-0.15, -0.1) is 0 Å². The van der Waals surface area contributed by atoms with Crippen molar-refractivity contribution in [3.63, 3.8) is 0 Å². The third kappa shape index (κ3) is 3.84. The average Bonchev–Trinajstić information content (AvgIpc) is 2.91. The van der Waals surface area contributed by atoms with Crippen LogP contribution in [0.25, 0.3) is 0 Å². The second-order valence-corrected chi connectivity index (χ2v) is 4.73. The molecule has 0 spiro atoms. The minimum absolute atomic E-state index is 0.647. The normalized spacial score (nSPS) is 10.7. The Balaban J connectivity index is 2.01. The van der Waals surface area contributed by atoms with Crippen LogP contribution in [-0.4, -0.2) is 16.2 Å². The summed E-state index contributed by atoms with van der Waals surface area (Å²) in [5.74, 6) is 0. The number of rotatable bonds is 8. The van der Waals surface area contributed by atoms with Gasteiger partial charge in [0.1, 0.15) is 0 Å². The Bertz CT molecular complexity index is 522. The maximum Gasteiger partial charge on any atom is 0.0948 e. The molecule has 0 fully saturated rings. The highest BCUT2D eigenvalue weighted by Crippen LogP contribution is 2.17. The molecule has 1 heterocycles. The predicted molar refractivity (Wildman–Crippen MR) is 81.6 cm³/mol. The number of ether oxygens (including phenoxy) is 1. The molecule has 0 saturated carbocycles. The number of anilines is 1. The Morgan fingerprint density at radius 3 is 2.90 bits per heavy atom.